The van der Waals surface area contributed by atoms with Gasteiger partial charge < -0.3 is 4.90 Å². The molecular weight excluding hydrogens is 401 g/mol. The highest BCUT2D eigenvalue weighted by atomic mass is 35.5. The Kier molecular flexibility index (Phi) is 5.43. The van der Waals surface area contributed by atoms with Gasteiger partial charge in [-0.15, -0.1) is 23.2 Å². The summed E-state index contributed by atoms with van der Waals surface area (Å²) in [6, 6.07) is 12.9. The maximum atomic E-state index is 13.4. The molecule has 1 aliphatic rings. The highest BCUT2D eigenvalue weighted by Crippen LogP contribution is 2.39. The van der Waals surface area contributed by atoms with Crippen LogP contribution < -0.4 is 9.80 Å². The Morgan fingerprint density at radius 1 is 1.07 bits per heavy atom. The van der Waals surface area contributed by atoms with Crippen LogP contribution in [-0.2, 0) is 4.79 Å². The molecule has 1 heterocycles. The van der Waals surface area contributed by atoms with Crippen LogP contribution in [0, 0.1) is 20.4 Å². The van der Waals surface area contributed by atoms with E-state index in [1.807, 2.05) is 38.1 Å². The average Bonchev–Trinajstić information content (AvgIpc) is 2.89. The van der Waals surface area contributed by atoms with Gasteiger partial charge in [-0.2, -0.15) is 0 Å². The lowest BCUT2D eigenvalue weighted by atomic mass is 10.0. The number of carbonyl (C=O) groups excluding carboxylic acids is 1. The summed E-state index contributed by atoms with van der Waals surface area (Å²) in [5.41, 5.74) is 2.60. The van der Waals surface area contributed by atoms with Gasteiger partial charge in [-0.05, 0) is 55.9 Å². The molecular formula is C20H17Cl2N3OS. The van der Waals surface area contributed by atoms with Crippen molar-refractivity contribution in [3.63, 3.8) is 0 Å². The van der Waals surface area contributed by atoms with Crippen molar-refractivity contribution >= 4 is 63.5 Å². The van der Waals surface area contributed by atoms with E-state index in [0.717, 1.165) is 16.8 Å². The van der Waals surface area contributed by atoms with Crippen LogP contribution in [0.2, 0.25) is 0 Å². The summed E-state index contributed by atoms with van der Waals surface area (Å²) in [5.74, 6) is -0.272. The topological polar surface area (TPSA) is 27.9 Å². The fraction of sp³-hybridized carbons (Fsp3) is 0.250. The summed E-state index contributed by atoms with van der Waals surface area (Å²) in [7, 11) is 0. The first-order valence-corrected chi connectivity index (χ1v) is 9.73. The molecule has 0 N–H and O–H groups in total. The van der Waals surface area contributed by atoms with Crippen LogP contribution in [0.1, 0.15) is 11.1 Å². The van der Waals surface area contributed by atoms with Crippen LogP contribution >= 0.6 is 35.4 Å². The summed E-state index contributed by atoms with van der Waals surface area (Å²) >= 11 is 18.2. The van der Waals surface area contributed by atoms with Gasteiger partial charge >= 0.3 is 0 Å². The summed E-state index contributed by atoms with van der Waals surface area (Å²) in [6.07, 6.45) is 0. The van der Waals surface area contributed by atoms with Crippen molar-refractivity contribution in [2.75, 3.05) is 21.6 Å². The zero-order valence-corrected chi connectivity index (χ0v) is 17.2. The molecule has 0 radical (unpaired) electrons. The molecule has 3 rings (SSSR count). The minimum atomic E-state index is -1.16. The lowest BCUT2D eigenvalue weighted by Gasteiger charge is -2.32. The van der Waals surface area contributed by atoms with E-state index in [0.29, 0.717) is 16.5 Å². The number of nitrogens with zero attached hydrogens (tertiary/aromatic N) is 3. The fourth-order valence-corrected chi connectivity index (χ4v) is 4.35. The van der Waals surface area contributed by atoms with E-state index in [1.165, 1.54) is 4.90 Å². The summed E-state index contributed by atoms with van der Waals surface area (Å²) in [4.78, 5) is 20.1. The molecule has 1 fully saturated rings. The molecule has 1 aliphatic heterocycles. The van der Waals surface area contributed by atoms with Crippen molar-refractivity contribution in [2.24, 2.45) is 0 Å². The molecule has 138 valence electrons. The van der Waals surface area contributed by atoms with Crippen LogP contribution in [-0.4, -0.2) is 28.3 Å². The maximum Gasteiger partial charge on any atom is 0.262 e. The molecule has 7 heteroatoms. The number of alkyl halides is 2. The summed E-state index contributed by atoms with van der Waals surface area (Å²) in [6.45, 7) is 11.0. The van der Waals surface area contributed by atoms with Crippen molar-refractivity contribution in [1.82, 2.24) is 0 Å². The van der Waals surface area contributed by atoms with Crippen molar-refractivity contribution in [3.05, 3.63) is 65.0 Å². The molecule has 0 spiro atoms. The SMILES string of the molecule is [C-]#[N+]c1ccc(N2C(=O)C(CCl)(CCl)N(c3ccc(C)cc3)C2=S)cc1C. The first kappa shape index (κ1) is 19.6. The lowest BCUT2D eigenvalue weighted by Crippen LogP contribution is -2.53. The standard InChI is InChI=1S/C20H17Cl2N3OS/c1-13-4-6-15(7-5-13)25-19(27)24(18(26)20(25,11-21)12-22)16-8-9-17(23-3)14(2)10-16/h4-10H,11-12H2,1-2H3. The Morgan fingerprint density at radius 2 is 1.67 bits per heavy atom. The minimum Gasteiger partial charge on any atom is -0.300 e. The predicted molar refractivity (Wildman–Crippen MR) is 115 cm³/mol. The largest absolute Gasteiger partial charge is 0.300 e. The molecule has 1 amide bonds. The normalized spacial score (nSPS) is 16.0. The summed E-state index contributed by atoms with van der Waals surface area (Å²) in [5, 5.41) is 0.320. The van der Waals surface area contributed by atoms with E-state index in [9.17, 15) is 4.79 Å². The van der Waals surface area contributed by atoms with Gasteiger partial charge in [0.05, 0.1) is 18.3 Å². The van der Waals surface area contributed by atoms with E-state index in [-0.39, 0.29) is 17.7 Å². The molecule has 0 bridgehead atoms. The quantitative estimate of drug-likeness (QED) is 0.388. The number of amides is 1. The van der Waals surface area contributed by atoms with Crippen LogP contribution in [0.25, 0.3) is 4.85 Å². The van der Waals surface area contributed by atoms with Gasteiger partial charge in [0, 0.05) is 11.4 Å². The van der Waals surface area contributed by atoms with Gasteiger partial charge in [-0.3, -0.25) is 9.69 Å². The molecule has 2 aromatic rings. The first-order valence-electron chi connectivity index (χ1n) is 8.25. The molecule has 4 nitrogen and oxygen atoms in total. The number of aryl methyl sites for hydroxylation is 2. The van der Waals surface area contributed by atoms with Gasteiger partial charge in [0.2, 0.25) is 0 Å². The van der Waals surface area contributed by atoms with E-state index >= 15 is 0 Å². The third-order valence-electron chi connectivity index (χ3n) is 4.71. The smallest absolute Gasteiger partial charge is 0.262 e. The third-order valence-corrected chi connectivity index (χ3v) is 5.95. The Hall–Kier alpha value is -2.13. The lowest BCUT2D eigenvalue weighted by molar-refractivity contribution is -0.120. The fourth-order valence-electron chi connectivity index (χ4n) is 3.13. The van der Waals surface area contributed by atoms with Crippen LogP contribution in [0.3, 0.4) is 0 Å². The second-order valence-corrected chi connectivity index (χ2v) is 7.38. The van der Waals surface area contributed by atoms with E-state index < -0.39 is 5.54 Å². The third kappa shape index (κ3) is 3.08. The zero-order chi connectivity index (χ0) is 19.8. The van der Waals surface area contributed by atoms with Crippen molar-refractivity contribution in [1.29, 1.82) is 0 Å². The van der Waals surface area contributed by atoms with Crippen molar-refractivity contribution < 1.29 is 4.79 Å². The van der Waals surface area contributed by atoms with Crippen molar-refractivity contribution in [3.8, 4) is 0 Å². The minimum absolute atomic E-state index is 0.00102. The van der Waals surface area contributed by atoms with Crippen molar-refractivity contribution in [2.45, 2.75) is 19.4 Å². The van der Waals surface area contributed by atoms with Gasteiger partial charge in [0.25, 0.3) is 5.91 Å². The molecule has 0 aliphatic carbocycles. The monoisotopic (exact) mass is 417 g/mol. The first-order chi connectivity index (χ1) is 12.9. The van der Waals surface area contributed by atoms with Gasteiger partial charge in [-0.1, -0.05) is 23.8 Å². The number of anilines is 2. The van der Waals surface area contributed by atoms with Crippen LogP contribution in [0.5, 0.6) is 0 Å². The van der Waals surface area contributed by atoms with E-state index in [1.54, 1.807) is 23.1 Å². The Balaban J connectivity index is 2.14. The number of hydrogen-bond acceptors (Lipinski definition) is 2. The number of hydrogen-bond donors (Lipinski definition) is 0. The van der Waals surface area contributed by atoms with Gasteiger partial charge in [0.15, 0.2) is 16.3 Å². The maximum absolute atomic E-state index is 13.4. The highest BCUT2D eigenvalue weighted by molar-refractivity contribution is 7.81. The molecule has 0 aromatic heterocycles. The van der Waals surface area contributed by atoms with Gasteiger partial charge in [-0.25, -0.2) is 4.85 Å². The molecule has 0 saturated carbocycles. The van der Waals surface area contributed by atoms with E-state index in [4.69, 9.17) is 42.0 Å². The number of rotatable bonds is 4. The molecule has 27 heavy (non-hydrogen) atoms. The second-order valence-electron chi connectivity index (χ2n) is 6.48. The average molecular weight is 418 g/mol. The highest BCUT2D eigenvalue weighted by Gasteiger charge is 2.55. The van der Waals surface area contributed by atoms with Crippen LogP contribution in [0.15, 0.2) is 42.5 Å². The predicted octanol–water partition coefficient (Wildman–Crippen LogP) is 5.21. The van der Waals surface area contributed by atoms with E-state index in [2.05, 4.69) is 4.85 Å². The number of thiocarbonyl (C=S) groups is 1. The van der Waals surface area contributed by atoms with Gasteiger partial charge in [0.1, 0.15) is 0 Å². The zero-order valence-electron chi connectivity index (χ0n) is 14.9. The Bertz CT molecular complexity index is 949. The summed E-state index contributed by atoms with van der Waals surface area (Å²) < 4.78 is 0. The second kappa shape index (κ2) is 7.47. The molecule has 2 aromatic carbocycles. The number of carbonyl (C=O) groups is 1. The Labute approximate surface area is 174 Å². The number of benzene rings is 2. The molecule has 0 atom stereocenters. The molecule has 1 saturated heterocycles. The number of halogens is 2. The Morgan fingerprint density at radius 3 is 2.19 bits per heavy atom. The molecule has 0 unspecified atom stereocenters. The van der Waals surface area contributed by atoms with Crippen LogP contribution in [0.4, 0.5) is 17.1 Å².